The maximum absolute atomic E-state index is 13.5. The molecule has 1 fully saturated rings. The minimum absolute atomic E-state index is 0.109. The van der Waals surface area contributed by atoms with Crippen molar-refractivity contribution in [3.63, 3.8) is 0 Å². The van der Waals surface area contributed by atoms with Crippen molar-refractivity contribution in [2.24, 2.45) is 11.3 Å². The number of hydrogen-bond donors (Lipinski definition) is 1. The van der Waals surface area contributed by atoms with Crippen molar-refractivity contribution in [1.82, 2.24) is 0 Å². The molecule has 34 heavy (non-hydrogen) atoms. The number of fused-ring (bicyclic) bond motifs is 3. The molecule has 1 saturated heterocycles. The van der Waals surface area contributed by atoms with Gasteiger partial charge in [0.15, 0.2) is 23.0 Å². The number of carbonyl (C=O) groups is 1. The molecular weight excluding hydrogens is 440 g/mol. The van der Waals surface area contributed by atoms with E-state index in [-0.39, 0.29) is 19.4 Å². The second-order valence-electron chi connectivity index (χ2n) is 8.69. The quantitative estimate of drug-likeness (QED) is 0.506. The maximum Gasteiger partial charge on any atom is 0.313 e. The molecule has 0 saturated carbocycles. The zero-order valence-electron chi connectivity index (χ0n) is 19.6. The summed E-state index contributed by atoms with van der Waals surface area (Å²) in [4.78, 5) is 13.5. The Morgan fingerprint density at radius 3 is 2.24 bits per heavy atom. The molecule has 180 valence electrons. The Balaban J connectivity index is 1.82. The third-order valence-corrected chi connectivity index (χ3v) is 7.25. The molecule has 0 unspecified atom stereocenters. The van der Waals surface area contributed by atoms with E-state index >= 15 is 0 Å². The summed E-state index contributed by atoms with van der Waals surface area (Å²) < 4.78 is 33.6. The second kappa shape index (κ2) is 8.43. The van der Waals surface area contributed by atoms with Crippen LogP contribution in [0.4, 0.5) is 0 Å². The molecule has 1 aliphatic carbocycles. The molecule has 2 aromatic carbocycles. The monoisotopic (exact) mass is 468 g/mol. The number of esters is 1. The van der Waals surface area contributed by atoms with Gasteiger partial charge in [-0.3, -0.25) is 4.79 Å². The number of cyclic esters (lactones) is 1. The van der Waals surface area contributed by atoms with Crippen molar-refractivity contribution in [2.45, 2.75) is 25.4 Å². The molecule has 8 nitrogen and oxygen atoms in total. The van der Waals surface area contributed by atoms with E-state index in [2.05, 4.69) is 0 Å². The fourth-order valence-electron chi connectivity index (χ4n) is 5.69. The summed E-state index contributed by atoms with van der Waals surface area (Å²) in [5, 5.41) is 11.5. The van der Waals surface area contributed by atoms with E-state index < -0.39 is 23.4 Å². The summed E-state index contributed by atoms with van der Waals surface area (Å²) in [6, 6.07) is 7.40. The van der Waals surface area contributed by atoms with Gasteiger partial charge in [-0.1, -0.05) is 12.2 Å². The first-order valence-corrected chi connectivity index (χ1v) is 11.2. The van der Waals surface area contributed by atoms with Crippen LogP contribution in [0, 0.1) is 11.3 Å². The van der Waals surface area contributed by atoms with Crippen LogP contribution in [-0.2, 0) is 9.53 Å². The number of aliphatic hydroxyl groups excluding tert-OH is 1. The molecule has 2 aromatic rings. The number of rotatable bonds is 6. The molecule has 0 amide bonds. The Kier molecular flexibility index (Phi) is 5.56. The van der Waals surface area contributed by atoms with Crippen molar-refractivity contribution < 1.29 is 38.3 Å². The van der Waals surface area contributed by atoms with Gasteiger partial charge in [0.05, 0.1) is 39.5 Å². The zero-order valence-corrected chi connectivity index (χ0v) is 19.6. The first-order valence-electron chi connectivity index (χ1n) is 11.2. The van der Waals surface area contributed by atoms with E-state index in [4.69, 9.17) is 28.4 Å². The van der Waals surface area contributed by atoms with Crippen molar-refractivity contribution in [2.75, 3.05) is 34.7 Å². The van der Waals surface area contributed by atoms with Crippen LogP contribution >= 0.6 is 0 Å². The molecule has 4 atom stereocenters. The molecule has 3 aliphatic rings. The maximum atomic E-state index is 13.5. The Hall–Kier alpha value is -3.39. The average Bonchev–Trinajstić information content (AvgIpc) is 3.45. The van der Waals surface area contributed by atoms with Gasteiger partial charge in [0.2, 0.25) is 12.5 Å². The van der Waals surface area contributed by atoms with Crippen LogP contribution < -0.4 is 23.7 Å². The van der Waals surface area contributed by atoms with E-state index in [9.17, 15) is 9.90 Å². The number of benzene rings is 2. The third kappa shape index (κ3) is 3.05. The molecular formula is C26H28O8. The van der Waals surface area contributed by atoms with Gasteiger partial charge in [-0.2, -0.15) is 0 Å². The minimum Gasteiger partial charge on any atom is -0.493 e. The Morgan fingerprint density at radius 2 is 1.65 bits per heavy atom. The fourth-order valence-corrected chi connectivity index (χ4v) is 5.69. The standard InChI is InChI=1S/C26H28O8/c1-5-6-7-26-17(12-32-25(26)28)23(27)16-11-19-18(33-13-34-19)10-15(16)22(26)14-8-20(29-2)24(31-4)21(9-14)30-3/h5-6,8-11,17,22-23,27H,7,12-13H2,1-4H3/b6-5+/t17-,22-,23+,26-/m1/s1. The third-order valence-electron chi connectivity index (χ3n) is 7.25. The van der Waals surface area contributed by atoms with Crippen LogP contribution in [0.1, 0.15) is 42.1 Å². The van der Waals surface area contributed by atoms with Gasteiger partial charge in [0, 0.05) is 11.8 Å². The fraction of sp³-hybridized carbons (Fsp3) is 0.423. The number of allylic oxidation sites excluding steroid dienone is 2. The summed E-state index contributed by atoms with van der Waals surface area (Å²) in [5.74, 6) is 1.32. The van der Waals surface area contributed by atoms with E-state index in [0.717, 1.165) is 11.1 Å². The summed E-state index contributed by atoms with van der Waals surface area (Å²) in [6.45, 7) is 2.15. The highest BCUT2D eigenvalue weighted by atomic mass is 16.7. The molecule has 5 rings (SSSR count). The molecule has 8 heteroatoms. The highest BCUT2D eigenvalue weighted by Gasteiger charge is 2.63. The minimum atomic E-state index is -1.03. The Bertz CT molecular complexity index is 1130. The van der Waals surface area contributed by atoms with E-state index in [0.29, 0.717) is 40.7 Å². The lowest BCUT2D eigenvalue weighted by molar-refractivity contribution is -0.148. The summed E-state index contributed by atoms with van der Waals surface area (Å²) in [7, 11) is 4.66. The van der Waals surface area contributed by atoms with Crippen LogP contribution in [0.15, 0.2) is 36.4 Å². The SMILES string of the molecule is C/C=C/C[C@@]12C(=O)OC[C@@H]1[C@@H](O)c1cc3c(cc1[C@H]2c1cc(OC)c(OC)c(OC)c1)OCO3. The van der Waals surface area contributed by atoms with Crippen molar-refractivity contribution in [3.8, 4) is 28.7 Å². The summed E-state index contributed by atoms with van der Waals surface area (Å²) >= 11 is 0. The molecule has 0 spiro atoms. The van der Waals surface area contributed by atoms with Gasteiger partial charge in [0.1, 0.15) is 0 Å². The highest BCUT2D eigenvalue weighted by molar-refractivity contribution is 5.83. The van der Waals surface area contributed by atoms with Crippen molar-refractivity contribution in [3.05, 3.63) is 53.1 Å². The highest BCUT2D eigenvalue weighted by Crippen LogP contribution is 2.63. The van der Waals surface area contributed by atoms with Gasteiger partial charge >= 0.3 is 5.97 Å². The van der Waals surface area contributed by atoms with Gasteiger partial charge < -0.3 is 33.5 Å². The van der Waals surface area contributed by atoms with E-state index in [1.807, 2.05) is 43.3 Å². The Labute approximate surface area is 198 Å². The smallest absolute Gasteiger partial charge is 0.313 e. The van der Waals surface area contributed by atoms with Crippen LogP contribution in [-0.4, -0.2) is 45.8 Å². The van der Waals surface area contributed by atoms with Crippen molar-refractivity contribution in [1.29, 1.82) is 0 Å². The second-order valence-corrected chi connectivity index (χ2v) is 8.69. The van der Waals surface area contributed by atoms with Gasteiger partial charge in [0.25, 0.3) is 0 Å². The first kappa shape index (κ1) is 22.4. The summed E-state index contributed by atoms with van der Waals surface area (Å²) in [6.07, 6.45) is 3.36. The zero-order chi connectivity index (χ0) is 24.0. The predicted octanol–water partition coefficient (Wildman–Crippen LogP) is 3.75. The van der Waals surface area contributed by atoms with E-state index in [1.54, 1.807) is 21.3 Å². The molecule has 0 aromatic heterocycles. The molecule has 0 bridgehead atoms. The predicted molar refractivity (Wildman–Crippen MR) is 122 cm³/mol. The van der Waals surface area contributed by atoms with Gasteiger partial charge in [-0.25, -0.2) is 0 Å². The van der Waals surface area contributed by atoms with Crippen LogP contribution in [0.3, 0.4) is 0 Å². The Morgan fingerprint density at radius 1 is 1.00 bits per heavy atom. The largest absolute Gasteiger partial charge is 0.493 e. The first-order chi connectivity index (χ1) is 16.5. The number of ether oxygens (including phenoxy) is 6. The topological polar surface area (TPSA) is 92.7 Å². The van der Waals surface area contributed by atoms with Crippen LogP contribution in [0.25, 0.3) is 0 Å². The average molecular weight is 469 g/mol. The lowest BCUT2D eigenvalue weighted by Gasteiger charge is -2.45. The molecule has 1 N–H and O–H groups in total. The van der Waals surface area contributed by atoms with E-state index in [1.165, 1.54) is 0 Å². The lowest BCUT2D eigenvalue weighted by Crippen LogP contribution is -2.46. The molecule has 2 aliphatic heterocycles. The van der Waals surface area contributed by atoms with Gasteiger partial charge in [-0.15, -0.1) is 0 Å². The van der Waals surface area contributed by atoms with Crippen LogP contribution in [0.5, 0.6) is 28.7 Å². The number of methoxy groups -OCH3 is 3. The number of carbonyl (C=O) groups excluding carboxylic acids is 1. The lowest BCUT2D eigenvalue weighted by atomic mass is 9.55. The molecule has 0 radical (unpaired) electrons. The normalized spacial score (nSPS) is 26.7. The summed E-state index contributed by atoms with van der Waals surface area (Å²) in [5.41, 5.74) is 1.24. The van der Waals surface area contributed by atoms with Crippen molar-refractivity contribution >= 4 is 5.97 Å². The number of hydrogen-bond acceptors (Lipinski definition) is 8. The van der Waals surface area contributed by atoms with Gasteiger partial charge in [-0.05, 0) is 54.3 Å². The molecule has 2 heterocycles. The number of aliphatic hydroxyl groups is 1. The van der Waals surface area contributed by atoms with Crippen LogP contribution in [0.2, 0.25) is 0 Å².